The number of nitrogens with zero attached hydrogens (tertiary/aromatic N) is 11. The SMILES string of the molecule is C=CC(=O)N1C[C@H](C)N(c2nc(=N)n(CC(C)(C)C)c3nc(-c4ccccc4F)c(Cl)cc23)C[C@H]1C.C=CC(=O)N1C[C@H](C)N(c2nc(=NC)n(CC(C)(C)C)c3nc(-c4ccccc4F)c(Cl)cc23)C[C@H]1C. The normalized spacial score (nSPS) is 18.8. The number of amides is 2. The van der Waals surface area contributed by atoms with Crippen LogP contribution in [0.3, 0.4) is 0 Å². The zero-order valence-corrected chi connectivity index (χ0v) is 45.2. The van der Waals surface area contributed by atoms with Crippen LogP contribution in [0, 0.1) is 27.9 Å². The fourth-order valence-corrected chi connectivity index (χ4v) is 10.1. The third kappa shape index (κ3) is 11.5. The van der Waals surface area contributed by atoms with Crippen LogP contribution < -0.4 is 21.0 Å². The van der Waals surface area contributed by atoms with Gasteiger partial charge in [-0.25, -0.2) is 18.7 Å². The number of halogens is 4. The fourth-order valence-electron chi connectivity index (χ4n) is 9.56. The molecule has 1 N–H and O–H groups in total. The van der Waals surface area contributed by atoms with Gasteiger partial charge in [0.25, 0.3) is 0 Å². The van der Waals surface area contributed by atoms with Crippen LogP contribution in [0.4, 0.5) is 20.4 Å². The average molecular weight is 1040 g/mol. The summed E-state index contributed by atoms with van der Waals surface area (Å²) < 4.78 is 33.2. The Morgan fingerprint density at radius 3 is 1.45 bits per heavy atom. The van der Waals surface area contributed by atoms with Crippen molar-refractivity contribution in [2.75, 3.05) is 43.0 Å². The molecule has 2 aliphatic rings. The van der Waals surface area contributed by atoms with Gasteiger partial charge in [-0.15, -0.1) is 0 Å². The summed E-state index contributed by atoms with van der Waals surface area (Å²) >= 11 is 13.5. The summed E-state index contributed by atoms with van der Waals surface area (Å²) in [6.07, 6.45) is 2.69. The van der Waals surface area contributed by atoms with Crippen LogP contribution in [-0.2, 0) is 22.7 Å². The second-order valence-corrected chi connectivity index (χ2v) is 22.3. The van der Waals surface area contributed by atoms with Gasteiger partial charge in [-0.2, -0.15) is 9.97 Å². The molecule has 4 aromatic heterocycles. The summed E-state index contributed by atoms with van der Waals surface area (Å²) in [4.78, 5) is 56.6. The molecular weight excluding hydrogens is 970 g/mol. The predicted molar refractivity (Wildman–Crippen MR) is 288 cm³/mol. The number of carbonyl (C=O) groups is 2. The molecule has 73 heavy (non-hydrogen) atoms. The largest absolute Gasteiger partial charge is 0.349 e. The average Bonchev–Trinajstić information content (AvgIpc) is 3.33. The van der Waals surface area contributed by atoms with Gasteiger partial charge < -0.3 is 19.6 Å². The minimum absolute atomic E-state index is 0.0241. The standard InChI is InChI=1S/C28H34ClFN6O.C27H32ClFN6O/c1-8-23(37)34-14-18(3)35(15-17(34)2)26-20-13-21(29)24(19-11-9-10-12-22(19)30)32-25(20)36(16-28(4,5)6)27(31-7)33-26;1-7-22(36)33-13-17(3)34(14-16(33)2)25-19-12-20(28)23(18-10-8-9-11-21(18)29)31-24(19)35(26(30)32-25)15-27(4,5)6/h8-13,17-18H,1,14-16H2,2-7H3;7-12,16-17,30H,1,13-15H2,2-6H3/t17-,18+;16-,17+/m11/s1. The maximum atomic E-state index is 14.8. The predicted octanol–water partition coefficient (Wildman–Crippen LogP) is 10.1. The van der Waals surface area contributed by atoms with E-state index in [4.69, 9.17) is 48.5 Å². The van der Waals surface area contributed by atoms with Gasteiger partial charge in [0.15, 0.2) is 0 Å². The van der Waals surface area contributed by atoms with E-state index in [2.05, 4.69) is 76.4 Å². The van der Waals surface area contributed by atoms with Crippen molar-refractivity contribution >= 4 is 68.7 Å². The van der Waals surface area contributed by atoms with Crippen LogP contribution in [0.25, 0.3) is 44.6 Å². The molecule has 2 aliphatic heterocycles. The van der Waals surface area contributed by atoms with Crippen molar-refractivity contribution in [1.29, 1.82) is 5.41 Å². The van der Waals surface area contributed by atoms with Crippen molar-refractivity contribution in [3.8, 4) is 22.5 Å². The molecule has 6 heterocycles. The maximum absolute atomic E-state index is 14.8. The summed E-state index contributed by atoms with van der Waals surface area (Å²) in [7, 11) is 1.71. The molecule has 8 rings (SSSR count). The molecule has 18 heteroatoms. The van der Waals surface area contributed by atoms with Crippen LogP contribution >= 0.6 is 23.2 Å². The van der Waals surface area contributed by atoms with E-state index in [1.54, 1.807) is 59.0 Å². The van der Waals surface area contributed by atoms with Crippen LogP contribution in [0.5, 0.6) is 0 Å². The summed E-state index contributed by atoms with van der Waals surface area (Å²) in [6.45, 7) is 31.2. The number of anilines is 2. The highest BCUT2D eigenvalue weighted by atomic mass is 35.5. The van der Waals surface area contributed by atoms with Gasteiger partial charge in [0.1, 0.15) is 34.6 Å². The van der Waals surface area contributed by atoms with Gasteiger partial charge in [-0.3, -0.25) is 29.1 Å². The summed E-state index contributed by atoms with van der Waals surface area (Å²) in [5.74, 6) is 0.276. The number of hydrogen-bond acceptors (Lipinski definition) is 10. The molecule has 0 spiro atoms. The molecule has 0 saturated carbocycles. The zero-order valence-electron chi connectivity index (χ0n) is 43.6. The molecule has 0 radical (unpaired) electrons. The summed E-state index contributed by atoms with van der Waals surface area (Å²) in [6, 6.07) is 16.2. The van der Waals surface area contributed by atoms with E-state index < -0.39 is 11.6 Å². The number of hydrogen-bond donors (Lipinski definition) is 1. The van der Waals surface area contributed by atoms with E-state index in [0.29, 0.717) is 106 Å². The number of piperazine rings is 2. The van der Waals surface area contributed by atoms with Crippen molar-refractivity contribution in [3.05, 3.63) is 119 Å². The van der Waals surface area contributed by atoms with Gasteiger partial charge in [0.2, 0.25) is 23.1 Å². The minimum atomic E-state index is -0.417. The monoisotopic (exact) mass is 1030 g/mol. The van der Waals surface area contributed by atoms with Gasteiger partial charge in [-0.05, 0) is 87.1 Å². The molecule has 2 fully saturated rings. The van der Waals surface area contributed by atoms with Crippen LogP contribution in [0.1, 0.15) is 69.2 Å². The Balaban J connectivity index is 0.000000214. The minimum Gasteiger partial charge on any atom is -0.349 e. The van der Waals surface area contributed by atoms with E-state index in [1.807, 2.05) is 36.3 Å². The Labute approximate surface area is 436 Å². The Kier molecular flexibility index (Phi) is 16.0. The summed E-state index contributed by atoms with van der Waals surface area (Å²) in [5.41, 5.74) is 2.81. The lowest BCUT2D eigenvalue weighted by atomic mass is 9.96. The lowest BCUT2D eigenvalue weighted by Gasteiger charge is -2.44. The second-order valence-electron chi connectivity index (χ2n) is 21.4. The van der Waals surface area contributed by atoms with Crippen LogP contribution in [-0.4, -0.2) is 108 Å². The lowest BCUT2D eigenvalue weighted by Crippen LogP contribution is -2.58. The molecule has 386 valence electrons. The number of carbonyl (C=O) groups excluding carboxylic acids is 2. The third-order valence-corrected chi connectivity index (χ3v) is 13.6. The van der Waals surface area contributed by atoms with Crippen LogP contribution in [0.15, 0.2) is 91.0 Å². The van der Waals surface area contributed by atoms with E-state index in [1.165, 1.54) is 24.3 Å². The topological polar surface area (TPSA) is 145 Å². The lowest BCUT2D eigenvalue weighted by molar-refractivity contribution is -0.129. The van der Waals surface area contributed by atoms with Crippen LogP contribution in [0.2, 0.25) is 10.0 Å². The first-order valence-corrected chi connectivity index (χ1v) is 25.2. The number of benzene rings is 2. The molecule has 14 nitrogen and oxygen atoms in total. The Morgan fingerprint density at radius 1 is 0.658 bits per heavy atom. The molecule has 4 atom stereocenters. The number of pyridine rings is 2. The van der Waals surface area contributed by atoms with E-state index in [-0.39, 0.29) is 52.4 Å². The molecule has 2 saturated heterocycles. The number of fused-ring (bicyclic) bond motifs is 2. The molecule has 2 amide bonds. The Morgan fingerprint density at radius 2 is 1.05 bits per heavy atom. The molecule has 6 aromatic rings. The van der Waals surface area contributed by atoms with Gasteiger partial charge in [0, 0.05) is 81.6 Å². The van der Waals surface area contributed by atoms with Crippen molar-refractivity contribution in [1.82, 2.24) is 38.9 Å². The molecule has 0 aliphatic carbocycles. The van der Waals surface area contributed by atoms with Gasteiger partial charge in [0.05, 0.1) is 32.2 Å². The Hall–Kier alpha value is -6.52. The third-order valence-electron chi connectivity index (χ3n) is 13.0. The summed E-state index contributed by atoms with van der Waals surface area (Å²) in [5, 5.41) is 10.9. The van der Waals surface area contributed by atoms with E-state index >= 15 is 0 Å². The van der Waals surface area contributed by atoms with Gasteiger partial charge >= 0.3 is 0 Å². The van der Waals surface area contributed by atoms with Crippen molar-refractivity contribution in [2.24, 2.45) is 15.8 Å². The second kappa shape index (κ2) is 21.5. The first-order chi connectivity index (χ1) is 34.4. The van der Waals surface area contributed by atoms with Gasteiger partial charge in [-0.1, -0.05) is 102 Å². The van der Waals surface area contributed by atoms with Crippen molar-refractivity contribution in [3.63, 3.8) is 0 Å². The Bertz CT molecular complexity index is 3250. The maximum Gasteiger partial charge on any atom is 0.246 e. The van der Waals surface area contributed by atoms with Crippen molar-refractivity contribution in [2.45, 2.75) is 106 Å². The van der Waals surface area contributed by atoms with E-state index in [0.717, 1.165) is 5.39 Å². The zero-order chi connectivity index (χ0) is 53.4. The molecular formula is C55H66Cl2F2N12O2. The first kappa shape index (κ1) is 54.3. The smallest absolute Gasteiger partial charge is 0.246 e. The highest BCUT2D eigenvalue weighted by Gasteiger charge is 2.36. The number of rotatable bonds is 8. The fraction of sp³-hybridized carbons (Fsp3) is 0.418. The quantitative estimate of drug-likeness (QED) is 0.148. The number of aromatic nitrogens is 6. The molecule has 2 aromatic carbocycles. The highest BCUT2D eigenvalue weighted by molar-refractivity contribution is 6.34. The first-order valence-electron chi connectivity index (χ1n) is 24.4. The number of nitrogens with one attached hydrogen (secondary N) is 1. The molecule has 0 unspecified atom stereocenters. The highest BCUT2D eigenvalue weighted by Crippen LogP contribution is 2.38. The molecule has 0 bridgehead atoms. The van der Waals surface area contributed by atoms with Crippen molar-refractivity contribution < 1.29 is 18.4 Å². The van der Waals surface area contributed by atoms with E-state index in [9.17, 15) is 18.4 Å².